The van der Waals surface area contributed by atoms with Crippen LogP contribution in [0.2, 0.25) is 0 Å². The van der Waals surface area contributed by atoms with E-state index in [9.17, 15) is 0 Å². The van der Waals surface area contributed by atoms with Gasteiger partial charge in [-0.05, 0) is 36.8 Å². The van der Waals surface area contributed by atoms with E-state index >= 15 is 0 Å². The van der Waals surface area contributed by atoms with Gasteiger partial charge in [0.25, 0.3) is 0 Å². The molecule has 0 aliphatic heterocycles. The third-order valence-corrected chi connectivity index (χ3v) is 3.58. The molecule has 1 aromatic carbocycles. The summed E-state index contributed by atoms with van der Waals surface area (Å²) in [5.74, 6) is 0.941. The Morgan fingerprint density at radius 1 is 1.04 bits per heavy atom. The van der Waals surface area contributed by atoms with E-state index in [0.29, 0.717) is 5.76 Å². The monoisotopic (exact) mass is 303 g/mol. The third kappa shape index (κ3) is 2.40. The molecular weight excluding hydrogens is 290 g/mol. The van der Waals surface area contributed by atoms with Crippen LogP contribution in [-0.4, -0.2) is 20.1 Å². The van der Waals surface area contributed by atoms with Crippen molar-refractivity contribution >= 4 is 16.9 Å². The quantitative estimate of drug-likeness (QED) is 0.611. The zero-order chi connectivity index (χ0) is 15.8. The van der Waals surface area contributed by atoms with Crippen LogP contribution in [0.1, 0.15) is 5.56 Å². The largest absolute Gasteiger partial charge is 0.368 e. The molecule has 2 N–H and O–H groups in total. The summed E-state index contributed by atoms with van der Waals surface area (Å²) in [6.07, 6.45) is 5.21. The molecule has 23 heavy (non-hydrogen) atoms. The Labute approximate surface area is 132 Å². The maximum absolute atomic E-state index is 5.66. The van der Waals surface area contributed by atoms with Crippen molar-refractivity contribution < 1.29 is 4.52 Å². The standard InChI is InChI=1S/C17H13N5O/c1-10-6-12(9-19-8-10)16-13-7-11(2-3-15(13)22-23-16)14-4-5-20-17(18)21-14/h2-9H,1H3,(H2,18,20,21). The van der Waals surface area contributed by atoms with Crippen LogP contribution >= 0.6 is 0 Å². The maximum atomic E-state index is 5.66. The fourth-order valence-corrected chi connectivity index (χ4v) is 2.52. The van der Waals surface area contributed by atoms with Crippen LogP contribution in [0.15, 0.2) is 53.4 Å². The van der Waals surface area contributed by atoms with Gasteiger partial charge in [-0.3, -0.25) is 4.98 Å². The van der Waals surface area contributed by atoms with Crippen LogP contribution in [0.5, 0.6) is 0 Å². The number of fused-ring (bicyclic) bond motifs is 1. The average molecular weight is 303 g/mol. The van der Waals surface area contributed by atoms with Gasteiger partial charge in [-0.2, -0.15) is 0 Å². The smallest absolute Gasteiger partial charge is 0.220 e. The number of aryl methyl sites for hydroxylation is 1. The highest BCUT2D eigenvalue weighted by Gasteiger charge is 2.13. The first kappa shape index (κ1) is 13.4. The summed E-state index contributed by atoms with van der Waals surface area (Å²) in [6.45, 7) is 1.99. The van der Waals surface area contributed by atoms with Gasteiger partial charge < -0.3 is 10.3 Å². The lowest BCUT2D eigenvalue weighted by molar-refractivity contribution is 0.440. The first-order chi connectivity index (χ1) is 11.2. The number of benzene rings is 1. The van der Waals surface area contributed by atoms with Gasteiger partial charge in [-0.15, -0.1) is 0 Å². The summed E-state index contributed by atoms with van der Waals surface area (Å²) in [5, 5.41) is 5.03. The number of nitrogens with two attached hydrogens (primary N) is 1. The zero-order valence-electron chi connectivity index (χ0n) is 12.4. The van der Waals surface area contributed by atoms with Crippen molar-refractivity contribution in [1.82, 2.24) is 20.1 Å². The summed E-state index contributed by atoms with van der Waals surface area (Å²) in [4.78, 5) is 12.4. The van der Waals surface area contributed by atoms with Crippen molar-refractivity contribution in [3.63, 3.8) is 0 Å². The molecular formula is C17H13N5O. The summed E-state index contributed by atoms with van der Waals surface area (Å²) in [5.41, 5.74) is 10.1. The Balaban J connectivity index is 1.90. The number of hydrogen-bond donors (Lipinski definition) is 1. The maximum Gasteiger partial charge on any atom is 0.220 e. The second kappa shape index (κ2) is 5.17. The van der Waals surface area contributed by atoms with Gasteiger partial charge >= 0.3 is 0 Å². The molecule has 4 aromatic rings. The number of hydrogen-bond acceptors (Lipinski definition) is 6. The molecule has 0 aliphatic carbocycles. The Kier molecular flexibility index (Phi) is 3.01. The molecule has 3 aromatic heterocycles. The van der Waals surface area contributed by atoms with E-state index in [2.05, 4.69) is 20.1 Å². The van der Waals surface area contributed by atoms with E-state index in [1.54, 1.807) is 18.6 Å². The predicted molar refractivity (Wildman–Crippen MR) is 87.4 cm³/mol. The lowest BCUT2D eigenvalue weighted by atomic mass is 10.0. The molecule has 4 rings (SSSR count). The van der Waals surface area contributed by atoms with Gasteiger partial charge in [0.05, 0.1) is 11.1 Å². The molecule has 112 valence electrons. The van der Waals surface area contributed by atoms with Gasteiger partial charge in [0.2, 0.25) is 5.95 Å². The molecule has 0 saturated heterocycles. The summed E-state index contributed by atoms with van der Waals surface area (Å²) >= 11 is 0. The molecule has 6 nitrogen and oxygen atoms in total. The van der Waals surface area contributed by atoms with Crippen LogP contribution in [0.4, 0.5) is 5.95 Å². The van der Waals surface area contributed by atoms with Gasteiger partial charge in [0.15, 0.2) is 5.76 Å². The number of nitrogens with zero attached hydrogens (tertiary/aromatic N) is 4. The van der Waals surface area contributed by atoms with E-state index in [-0.39, 0.29) is 5.95 Å². The van der Waals surface area contributed by atoms with E-state index in [1.807, 2.05) is 37.3 Å². The summed E-state index contributed by atoms with van der Waals surface area (Å²) in [7, 11) is 0. The molecule has 0 fully saturated rings. The molecule has 3 heterocycles. The Morgan fingerprint density at radius 3 is 2.78 bits per heavy atom. The Hall–Kier alpha value is -3.28. The molecule has 0 amide bonds. The lowest BCUT2D eigenvalue weighted by Gasteiger charge is -2.02. The number of nitrogen functional groups attached to an aromatic ring is 1. The molecule has 0 bridgehead atoms. The van der Waals surface area contributed by atoms with Crippen LogP contribution in [-0.2, 0) is 0 Å². The van der Waals surface area contributed by atoms with Crippen molar-refractivity contribution in [3.8, 4) is 22.6 Å². The van der Waals surface area contributed by atoms with E-state index in [4.69, 9.17) is 10.3 Å². The van der Waals surface area contributed by atoms with Crippen molar-refractivity contribution in [2.45, 2.75) is 6.92 Å². The molecule has 6 heteroatoms. The van der Waals surface area contributed by atoms with Gasteiger partial charge in [-0.1, -0.05) is 11.2 Å². The van der Waals surface area contributed by atoms with Crippen LogP contribution in [0.25, 0.3) is 33.5 Å². The fraction of sp³-hybridized carbons (Fsp3) is 0.0588. The SMILES string of the molecule is Cc1cncc(-c2onc3ccc(-c4ccnc(N)n4)cc23)c1. The minimum absolute atomic E-state index is 0.246. The topological polar surface area (TPSA) is 90.7 Å². The molecule has 0 spiro atoms. The average Bonchev–Trinajstić information content (AvgIpc) is 2.98. The zero-order valence-corrected chi connectivity index (χ0v) is 12.4. The van der Waals surface area contributed by atoms with Crippen LogP contribution in [0.3, 0.4) is 0 Å². The molecule has 0 unspecified atom stereocenters. The third-order valence-electron chi connectivity index (χ3n) is 3.58. The second-order valence-corrected chi connectivity index (χ2v) is 5.29. The highest BCUT2D eigenvalue weighted by molar-refractivity contribution is 5.94. The fourth-order valence-electron chi connectivity index (χ4n) is 2.52. The second-order valence-electron chi connectivity index (χ2n) is 5.29. The van der Waals surface area contributed by atoms with Crippen molar-refractivity contribution in [2.75, 3.05) is 5.73 Å². The number of aromatic nitrogens is 4. The minimum Gasteiger partial charge on any atom is -0.368 e. The molecule has 0 radical (unpaired) electrons. The summed E-state index contributed by atoms with van der Waals surface area (Å²) in [6, 6.07) is 9.66. The molecule has 0 aliphatic rings. The van der Waals surface area contributed by atoms with Crippen LogP contribution < -0.4 is 5.73 Å². The van der Waals surface area contributed by atoms with Crippen molar-refractivity contribution in [2.24, 2.45) is 0 Å². The first-order valence-corrected chi connectivity index (χ1v) is 7.11. The number of pyridine rings is 1. The predicted octanol–water partition coefficient (Wildman–Crippen LogP) is 3.24. The van der Waals surface area contributed by atoms with E-state index in [0.717, 1.165) is 33.3 Å². The van der Waals surface area contributed by atoms with Crippen molar-refractivity contribution in [3.05, 3.63) is 54.5 Å². The number of rotatable bonds is 2. The first-order valence-electron chi connectivity index (χ1n) is 7.11. The molecule has 0 saturated carbocycles. The Bertz CT molecular complexity index is 1010. The minimum atomic E-state index is 0.246. The van der Waals surface area contributed by atoms with Gasteiger partial charge in [-0.25, -0.2) is 9.97 Å². The number of anilines is 1. The van der Waals surface area contributed by atoms with Gasteiger partial charge in [0, 0.05) is 29.7 Å². The summed E-state index contributed by atoms with van der Waals surface area (Å²) < 4.78 is 5.52. The lowest BCUT2D eigenvalue weighted by Crippen LogP contribution is -1.95. The van der Waals surface area contributed by atoms with E-state index < -0.39 is 0 Å². The highest BCUT2D eigenvalue weighted by Crippen LogP contribution is 2.31. The van der Waals surface area contributed by atoms with Gasteiger partial charge in [0.1, 0.15) is 5.52 Å². The molecule has 0 atom stereocenters. The highest BCUT2D eigenvalue weighted by atomic mass is 16.5. The Morgan fingerprint density at radius 2 is 1.96 bits per heavy atom. The van der Waals surface area contributed by atoms with Crippen LogP contribution in [0, 0.1) is 6.92 Å². The van der Waals surface area contributed by atoms with Crippen molar-refractivity contribution in [1.29, 1.82) is 0 Å². The normalized spacial score (nSPS) is 11.0. The van der Waals surface area contributed by atoms with E-state index in [1.165, 1.54) is 0 Å².